The Morgan fingerprint density at radius 1 is 1.41 bits per heavy atom. The zero-order chi connectivity index (χ0) is 15.7. The minimum absolute atomic E-state index is 0.00440. The molecule has 7 heteroatoms. The molecular formula is C15H13N5O2. The molecule has 2 aromatic rings. The van der Waals surface area contributed by atoms with Gasteiger partial charge in [-0.15, -0.1) is 0 Å². The first-order valence-corrected chi connectivity index (χ1v) is 6.84. The van der Waals surface area contributed by atoms with E-state index in [0.29, 0.717) is 23.4 Å². The Labute approximate surface area is 126 Å². The molecule has 0 radical (unpaired) electrons. The van der Waals surface area contributed by atoms with E-state index in [2.05, 4.69) is 21.6 Å². The van der Waals surface area contributed by atoms with Gasteiger partial charge in [0.05, 0.1) is 28.7 Å². The number of rotatable bonds is 3. The fourth-order valence-electron chi connectivity index (χ4n) is 2.79. The molecule has 1 aliphatic heterocycles. The minimum atomic E-state index is -0.489. The summed E-state index contributed by atoms with van der Waals surface area (Å²) in [5.74, 6) is 0.190. The zero-order valence-electron chi connectivity index (χ0n) is 11.8. The standard InChI is InChI=1S/C15H13N5O2/c1-2-12-10(7-16)14(11-8-17-19-15(11)18-12)9-5-3-4-6-13(9)20(21)22/h3-6,8,14H,2H2,1H3,(H2,17,18,19). The summed E-state index contributed by atoms with van der Waals surface area (Å²) in [5, 5.41) is 30.9. The number of nitrogens with zero attached hydrogens (tertiary/aromatic N) is 3. The average Bonchev–Trinajstić information content (AvgIpc) is 3.00. The van der Waals surface area contributed by atoms with Crippen molar-refractivity contribution in [2.24, 2.45) is 0 Å². The summed E-state index contributed by atoms with van der Waals surface area (Å²) in [6.07, 6.45) is 2.23. The third-order valence-corrected chi connectivity index (χ3v) is 3.79. The lowest BCUT2D eigenvalue weighted by atomic mass is 9.82. The molecule has 2 heterocycles. The smallest absolute Gasteiger partial charge is 0.273 e. The van der Waals surface area contributed by atoms with Crippen LogP contribution in [0.2, 0.25) is 0 Å². The topological polar surface area (TPSA) is 108 Å². The summed E-state index contributed by atoms with van der Waals surface area (Å²) in [7, 11) is 0. The van der Waals surface area contributed by atoms with Crippen LogP contribution in [0, 0.1) is 21.4 Å². The largest absolute Gasteiger partial charge is 0.343 e. The summed E-state index contributed by atoms with van der Waals surface area (Å²) in [4.78, 5) is 10.9. The Morgan fingerprint density at radius 3 is 2.86 bits per heavy atom. The molecule has 1 aliphatic rings. The average molecular weight is 295 g/mol. The van der Waals surface area contributed by atoms with Crippen molar-refractivity contribution in [3.8, 4) is 6.07 Å². The lowest BCUT2D eigenvalue weighted by Gasteiger charge is -2.25. The molecule has 0 spiro atoms. The maximum absolute atomic E-state index is 11.3. The molecule has 0 amide bonds. The Bertz CT molecular complexity index is 815. The highest BCUT2D eigenvalue weighted by Gasteiger charge is 2.34. The molecule has 1 aromatic carbocycles. The summed E-state index contributed by atoms with van der Waals surface area (Å²) < 4.78 is 0. The van der Waals surface area contributed by atoms with E-state index >= 15 is 0 Å². The monoisotopic (exact) mass is 295 g/mol. The van der Waals surface area contributed by atoms with Gasteiger partial charge < -0.3 is 5.32 Å². The van der Waals surface area contributed by atoms with Crippen molar-refractivity contribution in [3.63, 3.8) is 0 Å². The first-order chi connectivity index (χ1) is 10.7. The highest BCUT2D eigenvalue weighted by atomic mass is 16.6. The van der Waals surface area contributed by atoms with Gasteiger partial charge in [0.1, 0.15) is 5.82 Å². The van der Waals surface area contributed by atoms with Gasteiger partial charge in [0.15, 0.2) is 0 Å². The highest BCUT2D eigenvalue weighted by molar-refractivity contribution is 5.66. The lowest BCUT2D eigenvalue weighted by molar-refractivity contribution is -0.385. The van der Waals surface area contributed by atoms with Gasteiger partial charge in [-0.1, -0.05) is 25.1 Å². The van der Waals surface area contributed by atoms with E-state index < -0.39 is 10.8 Å². The number of nitro benzene ring substituents is 1. The lowest BCUT2D eigenvalue weighted by Crippen LogP contribution is -2.18. The van der Waals surface area contributed by atoms with Crippen LogP contribution < -0.4 is 5.32 Å². The third-order valence-electron chi connectivity index (χ3n) is 3.79. The van der Waals surface area contributed by atoms with Crippen molar-refractivity contribution in [1.82, 2.24) is 10.2 Å². The van der Waals surface area contributed by atoms with Crippen molar-refractivity contribution in [2.45, 2.75) is 19.3 Å². The number of aromatic amines is 1. The number of allylic oxidation sites excluding steroid dienone is 2. The van der Waals surface area contributed by atoms with Crippen LogP contribution in [0.25, 0.3) is 0 Å². The van der Waals surface area contributed by atoms with Crippen molar-refractivity contribution in [3.05, 3.63) is 63.0 Å². The summed E-state index contributed by atoms with van der Waals surface area (Å²) >= 11 is 0. The van der Waals surface area contributed by atoms with Crippen LogP contribution in [0.3, 0.4) is 0 Å². The maximum atomic E-state index is 11.3. The van der Waals surface area contributed by atoms with E-state index in [1.54, 1.807) is 24.4 Å². The Morgan fingerprint density at radius 2 is 2.18 bits per heavy atom. The quantitative estimate of drug-likeness (QED) is 0.668. The Kier molecular flexibility index (Phi) is 3.35. The molecule has 1 unspecified atom stereocenters. The van der Waals surface area contributed by atoms with Crippen molar-refractivity contribution >= 4 is 11.5 Å². The summed E-state index contributed by atoms with van der Waals surface area (Å²) in [5.41, 5.74) is 2.49. The van der Waals surface area contributed by atoms with E-state index in [-0.39, 0.29) is 5.69 Å². The fraction of sp³-hybridized carbons (Fsp3) is 0.200. The van der Waals surface area contributed by atoms with Gasteiger partial charge >= 0.3 is 0 Å². The van der Waals surface area contributed by atoms with E-state index in [1.165, 1.54) is 6.07 Å². The van der Waals surface area contributed by atoms with Crippen LogP contribution >= 0.6 is 0 Å². The molecule has 3 rings (SSSR count). The molecule has 1 aromatic heterocycles. The van der Waals surface area contributed by atoms with E-state index in [0.717, 1.165) is 11.3 Å². The Balaban J connectivity index is 2.27. The summed E-state index contributed by atoms with van der Waals surface area (Å²) in [6, 6.07) is 8.71. The molecule has 7 nitrogen and oxygen atoms in total. The molecule has 110 valence electrons. The second-order valence-corrected chi connectivity index (χ2v) is 4.93. The number of anilines is 1. The number of H-pyrrole nitrogens is 1. The summed E-state index contributed by atoms with van der Waals surface area (Å²) in [6.45, 7) is 1.93. The number of nitriles is 1. The van der Waals surface area contributed by atoms with Crippen LogP contribution in [0.4, 0.5) is 11.5 Å². The number of fused-ring (bicyclic) bond motifs is 1. The van der Waals surface area contributed by atoms with Crippen LogP contribution in [0.1, 0.15) is 30.4 Å². The second kappa shape index (κ2) is 5.33. The van der Waals surface area contributed by atoms with Crippen molar-refractivity contribution in [1.29, 1.82) is 5.26 Å². The molecular weight excluding hydrogens is 282 g/mol. The minimum Gasteiger partial charge on any atom is -0.343 e. The first-order valence-electron chi connectivity index (χ1n) is 6.84. The molecule has 0 saturated carbocycles. The molecule has 0 fully saturated rings. The second-order valence-electron chi connectivity index (χ2n) is 4.93. The molecule has 22 heavy (non-hydrogen) atoms. The van der Waals surface area contributed by atoms with Crippen molar-refractivity contribution < 1.29 is 4.92 Å². The number of nitro groups is 1. The maximum Gasteiger partial charge on any atom is 0.273 e. The first kappa shape index (κ1) is 13.8. The highest BCUT2D eigenvalue weighted by Crippen LogP contribution is 2.43. The number of nitrogens with one attached hydrogen (secondary N) is 2. The van der Waals surface area contributed by atoms with Gasteiger partial charge in [-0.25, -0.2) is 0 Å². The van der Waals surface area contributed by atoms with Gasteiger partial charge in [0.2, 0.25) is 0 Å². The number of hydrogen-bond donors (Lipinski definition) is 2. The van der Waals surface area contributed by atoms with Gasteiger partial charge in [0, 0.05) is 22.9 Å². The number of aromatic nitrogens is 2. The molecule has 0 aliphatic carbocycles. The number of hydrogen-bond acceptors (Lipinski definition) is 5. The molecule has 1 atom stereocenters. The number of para-hydroxylation sites is 1. The predicted molar refractivity (Wildman–Crippen MR) is 80.1 cm³/mol. The predicted octanol–water partition coefficient (Wildman–Crippen LogP) is 3.06. The number of benzene rings is 1. The molecule has 0 saturated heterocycles. The zero-order valence-corrected chi connectivity index (χ0v) is 11.8. The van der Waals surface area contributed by atoms with E-state index in [4.69, 9.17) is 0 Å². The third kappa shape index (κ3) is 2.02. The molecule has 0 bridgehead atoms. The van der Waals surface area contributed by atoms with Gasteiger partial charge in [0.25, 0.3) is 5.69 Å². The normalized spacial score (nSPS) is 16.6. The van der Waals surface area contributed by atoms with Crippen LogP contribution in [0.5, 0.6) is 0 Å². The van der Waals surface area contributed by atoms with Gasteiger partial charge in [-0.2, -0.15) is 10.4 Å². The van der Waals surface area contributed by atoms with E-state index in [1.807, 2.05) is 6.92 Å². The van der Waals surface area contributed by atoms with Crippen LogP contribution in [-0.2, 0) is 0 Å². The van der Waals surface area contributed by atoms with Gasteiger partial charge in [-0.05, 0) is 6.42 Å². The van der Waals surface area contributed by atoms with Crippen molar-refractivity contribution in [2.75, 3.05) is 5.32 Å². The van der Waals surface area contributed by atoms with Gasteiger partial charge in [-0.3, -0.25) is 15.2 Å². The molecule has 2 N–H and O–H groups in total. The Hall–Kier alpha value is -3.14. The van der Waals surface area contributed by atoms with Crippen LogP contribution in [-0.4, -0.2) is 15.1 Å². The van der Waals surface area contributed by atoms with Crippen LogP contribution in [0.15, 0.2) is 41.7 Å². The fourth-order valence-corrected chi connectivity index (χ4v) is 2.79. The van der Waals surface area contributed by atoms with E-state index in [9.17, 15) is 15.4 Å². The SMILES string of the molecule is CCC1=C(C#N)C(c2ccccc2[N+](=O)[O-])c2cn[nH]c2N1.